The molecule has 0 N–H and O–H groups in total. The summed E-state index contributed by atoms with van der Waals surface area (Å²) in [5.74, 6) is 1.74. The van der Waals surface area contributed by atoms with Gasteiger partial charge in [-0.15, -0.1) is 0 Å². The van der Waals surface area contributed by atoms with E-state index in [9.17, 15) is 0 Å². The lowest BCUT2D eigenvalue weighted by Gasteiger charge is -2.11. The first-order valence-corrected chi connectivity index (χ1v) is 31.6. The van der Waals surface area contributed by atoms with E-state index in [2.05, 4.69) is 229 Å². The molecule has 90 heavy (non-hydrogen) atoms. The summed E-state index contributed by atoms with van der Waals surface area (Å²) in [7, 11) is 9.89. The second-order valence-electron chi connectivity index (χ2n) is 25.4. The molecule has 0 aliphatic rings. The van der Waals surface area contributed by atoms with Gasteiger partial charge in [0.25, 0.3) is 0 Å². The molecule has 5 nitrogen and oxygen atoms in total. The van der Waals surface area contributed by atoms with Crippen LogP contribution in [0.2, 0.25) is 0 Å². The van der Waals surface area contributed by atoms with Gasteiger partial charge in [0.2, 0.25) is 28.5 Å². The van der Waals surface area contributed by atoms with Crippen molar-refractivity contribution in [2.24, 2.45) is 35.2 Å². The molecule has 0 unspecified atom stereocenters. The van der Waals surface area contributed by atoms with Gasteiger partial charge >= 0.3 is 0 Å². The van der Waals surface area contributed by atoms with Crippen molar-refractivity contribution in [1.29, 1.82) is 0 Å². The van der Waals surface area contributed by atoms with Crippen LogP contribution in [0, 0.1) is 82.9 Å². The molecule has 0 aliphatic carbocycles. The van der Waals surface area contributed by atoms with E-state index in [-0.39, 0.29) is 16.7 Å². The van der Waals surface area contributed by atoms with E-state index in [0.717, 1.165) is 34.5 Å². The zero-order valence-electron chi connectivity index (χ0n) is 71.8. The van der Waals surface area contributed by atoms with Crippen LogP contribution in [0.5, 0.6) is 0 Å². The highest BCUT2D eigenvalue weighted by Gasteiger charge is 2.19. The van der Waals surface area contributed by atoms with E-state index >= 15 is 0 Å². The minimum absolute atomic E-state index is 0.0931. The monoisotopic (exact) mass is 1210 g/mol. The van der Waals surface area contributed by atoms with Gasteiger partial charge in [-0.3, -0.25) is 0 Å². The summed E-state index contributed by atoms with van der Waals surface area (Å²) in [5.41, 5.74) is 28.6. The number of hydrogen-bond acceptors (Lipinski definition) is 0. The Morgan fingerprint density at radius 3 is 1.01 bits per heavy atom. The quantitative estimate of drug-likeness (QED) is 0.122. The maximum Gasteiger partial charge on any atom is 0.212 e. The summed E-state index contributed by atoms with van der Waals surface area (Å²) < 4.78 is 115. The number of benzene rings is 5. The lowest BCUT2D eigenvalue weighted by Crippen LogP contribution is -2.31. The Balaban J connectivity index is 0.000000205. The molecule has 10 aromatic rings. The van der Waals surface area contributed by atoms with E-state index < -0.39 is 33.8 Å². The number of pyridine rings is 5. The number of hydrogen-bond donors (Lipinski definition) is 0. The van der Waals surface area contributed by atoms with Gasteiger partial charge in [-0.1, -0.05) is 122 Å². The topological polar surface area (TPSA) is 19.4 Å². The van der Waals surface area contributed by atoms with Gasteiger partial charge in [0, 0.05) is 105 Å². The highest BCUT2D eigenvalue weighted by atomic mass is 14.9. The van der Waals surface area contributed by atoms with E-state index in [4.69, 9.17) is 19.2 Å². The maximum atomic E-state index is 7.87. The molecule has 5 aromatic carbocycles. The zero-order valence-corrected chi connectivity index (χ0v) is 57.8. The Morgan fingerprint density at radius 1 is 0.311 bits per heavy atom. The first kappa shape index (κ1) is 52.6. The number of aryl methyl sites for hydroxylation is 19. The molecule has 0 bridgehead atoms. The molecule has 0 aliphatic heterocycles. The van der Waals surface area contributed by atoms with Crippen molar-refractivity contribution in [3.8, 4) is 56.3 Å². The molecule has 0 amide bonds. The Morgan fingerprint density at radius 2 is 0.644 bits per heavy atom. The average molecular weight is 1220 g/mol. The molecule has 10 rings (SSSR count). The smallest absolute Gasteiger partial charge is 0.201 e. The molecule has 5 heterocycles. The van der Waals surface area contributed by atoms with Crippen molar-refractivity contribution >= 4 is 0 Å². The molecule has 5 aromatic heterocycles. The molecule has 0 saturated heterocycles. The van der Waals surface area contributed by atoms with Crippen LogP contribution in [0.3, 0.4) is 0 Å². The van der Waals surface area contributed by atoms with Crippen molar-refractivity contribution < 1.29 is 42.0 Å². The van der Waals surface area contributed by atoms with Gasteiger partial charge in [-0.25, -0.2) is 22.8 Å². The van der Waals surface area contributed by atoms with Crippen molar-refractivity contribution in [2.45, 2.75) is 169 Å². The van der Waals surface area contributed by atoms with Crippen LogP contribution in [0.15, 0.2) is 171 Å². The normalized spacial score (nSPS) is 13.9. The summed E-state index contributed by atoms with van der Waals surface area (Å²) in [4.78, 5) is 0. The van der Waals surface area contributed by atoms with Gasteiger partial charge in [-0.2, -0.15) is 0 Å². The van der Waals surface area contributed by atoms with Gasteiger partial charge in [0.15, 0.2) is 31.0 Å². The van der Waals surface area contributed by atoms with Crippen LogP contribution < -0.4 is 22.8 Å². The van der Waals surface area contributed by atoms with Crippen LogP contribution in [-0.4, -0.2) is 0 Å². The van der Waals surface area contributed by atoms with Gasteiger partial charge < -0.3 is 0 Å². The lowest BCUT2D eigenvalue weighted by atomic mass is 9.95. The van der Waals surface area contributed by atoms with Crippen LogP contribution in [0.25, 0.3) is 56.3 Å². The van der Waals surface area contributed by atoms with Crippen molar-refractivity contribution in [1.82, 2.24) is 0 Å². The zero-order chi connectivity index (χ0) is 78.2. The summed E-state index contributed by atoms with van der Waals surface area (Å²) >= 11 is 0. The third kappa shape index (κ3) is 18.5. The standard InChI is InChI=1S/C19H26N.C18H24N.C17H22N.C16H20N.C15H18N/c1-13(2)16-7-9-18(15(5)11-16)19-10-8-17(14(3)4)12-20(19)6;1-12(2)16-7-8-17(14(4)9-16)18-10-13(3)15(5)11-19(18)6;1-6-15-7-8-16(13(3)9-15)17-10-12(2)14(4)11-18(17)5;1-5-14-7-8-15(13(3)10-14)16-9-6-12(2)11-17(16)4;1-11-5-7-14(13(3)9-11)15-8-6-12(2)10-16(15)4/h7-14H,1-6H3;7-12H,1-6H3;7-11H,6H2,1-5H3;6-11H,5H2,1-4H3;5-10H,1-4H3/q5*+1/i;;;1D3,2D3,5D2;1D3,2D3. The summed E-state index contributed by atoms with van der Waals surface area (Å²) in [6.45, 7) is 25.3. The summed E-state index contributed by atoms with van der Waals surface area (Å²) in [5, 5.41) is 0. The van der Waals surface area contributed by atoms with Crippen LogP contribution >= 0.6 is 0 Å². The fourth-order valence-electron chi connectivity index (χ4n) is 11.2. The van der Waals surface area contributed by atoms with Crippen molar-refractivity contribution in [2.75, 3.05) is 0 Å². The highest BCUT2D eigenvalue weighted by Crippen LogP contribution is 2.29. The molecule has 0 spiro atoms. The average Bonchev–Trinajstić information content (AvgIpc) is 0.778. The molecular formula is C85H110N5+5. The highest BCUT2D eigenvalue weighted by molar-refractivity contribution is 5.66. The summed E-state index contributed by atoms with van der Waals surface area (Å²) in [6.07, 6.45) is 8.44. The number of aromatic nitrogens is 5. The molecule has 5 heteroatoms. The van der Waals surface area contributed by atoms with E-state index in [0.29, 0.717) is 28.9 Å². The Labute approximate surface area is 565 Å². The van der Waals surface area contributed by atoms with Crippen LogP contribution in [0.1, 0.15) is 187 Å². The van der Waals surface area contributed by atoms with Crippen LogP contribution in [-0.2, 0) is 48.0 Å². The van der Waals surface area contributed by atoms with E-state index in [1.165, 1.54) is 119 Å². The second kappa shape index (κ2) is 32.0. The largest absolute Gasteiger partial charge is 0.212 e. The molecule has 0 fully saturated rings. The maximum absolute atomic E-state index is 7.87. The molecular weight excluding hydrogens is 1090 g/mol. The molecule has 470 valence electrons. The Bertz CT molecular complexity index is 4550. The minimum atomic E-state index is -2.76. The minimum Gasteiger partial charge on any atom is -0.201 e. The Kier molecular flexibility index (Phi) is 18.7. The third-order valence-corrected chi connectivity index (χ3v) is 17.1. The third-order valence-electron chi connectivity index (χ3n) is 17.1. The summed E-state index contributed by atoms with van der Waals surface area (Å²) in [6, 6.07) is 45.7. The van der Waals surface area contributed by atoms with Gasteiger partial charge in [-0.05, 0) is 223 Å². The first-order valence-electron chi connectivity index (χ1n) is 38.6. The molecule has 0 saturated carbocycles. The van der Waals surface area contributed by atoms with E-state index in [1.54, 1.807) is 78.8 Å². The Hall–Kier alpha value is -8.15. The second-order valence-corrected chi connectivity index (χ2v) is 25.4. The van der Waals surface area contributed by atoms with Gasteiger partial charge in [0.05, 0.1) is 0 Å². The molecule has 0 atom stereocenters. The van der Waals surface area contributed by atoms with Gasteiger partial charge in [0.1, 0.15) is 35.2 Å². The fourth-order valence-corrected chi connectivity index (χ4v) is 11.2. The number of nitrogens with zero attached hydrogens (tertiary/aromatic N) is 5. The predicted octanol–water partition coefficient (Wildman–Crippen LogP) is 19.1. The molecule has 0 radical (unpaired) electrons. The van der Waals surface area contributed by atoms with Crippen molar-refractivity contribution in [3.63, 3.8) is 0 Å². The fraction of sp³-hybridized carbons (Fsp3) is 0.353. The van der Waals surface area contributed by atoms with Crippen LogP contribution in [0.4, 0.5) is 0 Å². The van der Waals surface area contributed by atoms with Crippen molar-refractivity contribution in [3.05, 3.63) is 265 Å². The first-order chi connectivity index (χ1) is 48.1. The number of rotatable bonds is 10. The SMILES string of the molecule is CCc1ccc(-c2cc(C)c(C)c[n+]2C)c(C)c1.Cc1cc(-c2ccc(C(C)C)cc2C)[n+](C)cc1C.Cc1cc(C(C)C)ccc1-c1ccc(C(C)C)c[n+]1C.[2H]C([2H])([2H])c1ccc(-c2ccc(C([2H])([2H])C([2H])([2H])[2H])cc2C)[n+](C)c1.[2H]C([2H])([2H])c1ccc(-c2ccc(C([2H])([2H])[2H])c[n+]2C)c(C)c1. The van der Waals surface area contributed by atoms with E-state index in [1.807, 2.05) is 6.92 Å². The lowest BCUT2D eigenvalue weighted by molar-refractivity contribution is -0.661. The predicted molar refractivity (Wildman–Crippen MR) is 383 cm³/mol.